The smallest absolute Gasteiger partial charge is 0.545 e. The van der Waals surface area contributed by atoms with E-state index in [2.05, 4.69) is 0 Å². The fraction of sp³-hybridized carbons (Fsp3) is 0.500. The zero-order valence-electron chi connectivity index (χ0n) is 10.8. The molecule has 0 aromatic heterocycles. The number of carboxylic acid groups (broad SMARTS) is 2. The van der Waals surface area contributed by atoms with E-state index < -0.39 is 23.6 Å². The first-order valence-corrected chi connectivity index (χ1v) is 5.05. The summed E-state index contributed by atoms with van der Waals surface area (Å²) in [6, 6.07) is 0. The van der Waals surface area contributed by atoms with Crippen molar-refractivity contribution in [3.8, 4) is 0 Å². The number of hydrogen-bond donors (Lipinski definition) is 0. The summed E-state index contributed by atoms with van der Waals surface area (Å²) >= 11 is 0. The van der Waals surface area contributed by atoms with Crippen molar-refractivity contribution in [3.63, 3.8) is 0 Å². The molecule has 2 aliphatic heterocycles. The van der Waals surface area contributed by atoms with Crippen molar-refractivity contribution in [1.82, 2.24) is 4.90 Å². The quantitative estimate of drug-likeness (QED) is 0.288. The number of rotatable bonds is 4. The second kappa shape index (κ2) is 7.78. The number of carbonyl (C=O) groups excluding carboxylic acids is 3. The summed E-state index contributed by atoms with van der Waals surface area (Å²) in [6.45, 7) is 0.279. The zero-order valence-corrected chi connectivity index (χ0v) is 14.8. The number of hydrogen-bond acceptors (Lipinski definition) is 6. The Hall–Kier alpha value is 0.110. The Kier molecular flexibility index (Phi) is 7.82. The van der Waals surface area contributed by atoms with Crippen molar-refractivity contribution >= 4 is 17.8 Å². The SMILES string of the molecule is O=C([O-])/C=C(\CC1CN2C(=O)CC2O1)C(=O)[O-].[Na+].[Na+]. The van der Waals surface area contributed by atoms with Crippen LogP contribution in [0.3, 0.4) is 0 Å². The summed E-state index contributed by atoms with van der Waals surface area (Å²) in [7, 11) is 0. The van der Waals surface area contributed by atoms with Crippen molar-refractivity contribution in [2.45, 2.75) is 25.2 Å². The monoisotopic (exact) mass is 285 g/mol. The first-order chi connectivity index (χ1) is 7.97. The molecule has 0 spiro atoms. The summed E-state index contributed by atoms with van der Waals surface area (Å²) in [6.07, 6.45) is -0.137. The van der Waals surface area contributed by atoms with Crippen molar-refractivity contribution in [2.75, 3.05) is 6.54 Å². The van der Waals surface area contributed by atoms with Gasteiger partial charge in [0.1, 0.15) is 6.23 Å². The molecule has 0 aliphatic carbocycles. The Morgan fingerprint density at radius 3 is 2.42 bits per heavy atom. The van der Waals surface area contributed by atoms with Crippen LogP contribution in [0.15, 0.2) is 11.6 Å². The van der Waals surface area contributed by atoms with Gasteiger partial charge in [0.05, 0.1) is 24.5 Å². The Morgan fingerprint density at radius 1 is 1.37 bits per heavy atom. The molecule has 1 amide bonds. The predicted octanol–water partition coefficient (Wildman–Crippen LogP) is -9.23. The number of aliphatic carboxylic acids is 2. The fourth-order valence-electron chi connectivity index (χ4n) is 1.95. The van der Waals surface area contributed by atoms with E-state index in [9.17, 15) is 24.6 Å². The molecular formula is C10H9NNa2O6. The van der Waals surface area contributed by atoms with Crippen LogP contribution in [0.4, 0.5) is 0 Å². The van der Waals surface area contributed by atoms with Crippen LogP contribution in [0.2, 0.25) is 0 Å². The van der Waals surface area contributed by atoms with Crippen LogP contribution in [-0.4, -0.2) is 41.6 Å². The van der Waals surface area contributed by atoms with E-state index in [4.69, 9.17) is 4.74 Å². The van der Waals surface area contributed by atoms with E-state index >= 15 is 0 Å². The molecule has 0 N–H and O–H groups in total. The minimum absolute atomic E-state index is 0. The van der Waals surface area contributed by atoms with E-state index in [0.717, 1.165) is 0 Å². The number of nitrogens with zero attached hydrogens (tertiary/aromatic N) is 1. The summed E-state index contributed by atoms with van der Waals surface area (Å²) < 4.78 is 5.35. The van der Waals surface area contributed by atoms with Gasteiger partial charge in [-0.05, 0) is 11.6 Å². The summed E-state index contributed by atoms with van der Waals surface area (Å²) in [5, 5.41) is 21.0. The van der Waals surface area contributed by atoms with Gasteiger partial charge in [-0.1, -0.05) is 0 Å². The van der Waals surface area contributed by atoms with Gasteiger partial charge in [0.15, 0.2) is 0 Å². The summed E-state index contributed by atoms with van der Waals surface area (Å²) in [5.41, 5.74) is -0.398. The molecule has 0 radical (unpaired) electrons. The third kappa shape index (κ3) is 4.56. The normalized spacial score (nSPS) is 24.7. The molecule has 2 rings (SSSR count). The van der Waals surface area contributed by atoms with Gasteiger partial charge in [-0.25, -0.2) is 0 Å². The maximum atomic E-state index is 11.1. The van der Waals surface area contributed by atoms with Crippen LogP contribution in [0, 0.1) is 0 Å². The maximum absolute atomic E-state index is 11.1. The third-order valence-electron chi connectivity index (χ3n) is 2.77. The Bertz CT molecular complexity index is 424. The Labute approximate surface area is 153 Å². The zero-order chi connectivity index (χ0) is 12.6. The van der Waals surface area contributed by atoms with E-state index in [0.29, 0.717) is 12.5 Å². The molecule has 0 aromatic rings. The molecule has 0 bridgehead atoms. The van der Waals surface area contributed by atoms with Crippen molar-refractivity contribution in [3.05, 3.63) is 11.6 Å². The number of amides is 1. The second-order valence-corrected chi connectivity index (χ2v) is 3.94. The number of carboxylic acids is 2. The molecule has 0 saturated carbocycles. The van der Waals surface area contributed by atoms with Gasteiger partial charge in [0.25, 0.3) is 0 Å². The van der Waals surface area contributed by atoms with Gasteiger partial charge < -0.3 is 29.4 Å². The van der Waals surface area contributed by atoms with Gasteiger partial charge in [0, 0.05) is 13.0 Å². The molecule has 9 heteroatoms. The topological polar surface area (TPSA) is 110 Å². The van der Waals surface area contributed by atoms with Crippen molar-refractivity contribution in [1.29, 1.82) is 0 Å². The van der Waals surface area contributed by atoms with Gasteiger partial charge >= 0.3 is 59.1 Å². The van der Waals surface area contributed by atoms with Crippen molar-refractivity contribution < 1.29 is 88.4 Å². The molecule has 2 aliphatic rings. The van der Waals surface area contributed by atoms with Crippen LogP contribution >= 0.6 is 0 Å². The van der Waals surface area contributed by atoms with Crippen LogP contribution in [0.1, 0.15) is 12.8 Å². The van der Waals surface area contributed by atoms with Crippen LogP contribution in [-0.2, 0) is 19.1 Å². The van der Waals surface area contributed by atoms with E-state index in [-0.39, 0.29) is 84.2 Å². The minimum atomic E-state index is -1.60. The number of fused-ring (bicyclic) bond motifs is 1. The number of ether oxygens (including phenoxy) is 1. The molecule has 2 atom stereocenters. The Morgan fingerprint density at radius 2 is 2.00 bits per heavy atom. The molecule has 2 heterocycles. The molecule has 92 valence electrons. The van der Waals surface area contributed by atoms with Crippen LogP contribution in [0.5, 0.6) is 0 Å². The molecular weight excluding hydrogens is 276 g/mol. The standard InChI is InChI=1S/C10H11NO6.2Na/c12-7-3-8-11(7)4-6(17-8)1-5(10(15)16)2-9(13)14;;/h2,6,8H,1,3-4H2,(H,13,14)(H,15,16);;/q;2*+1/p-2/b5-2+;;. The van der Waals surface area contributed by atoms with Gasteiger partial charge in [-0.15, -0.1) is 0 Å². The molecule has 0 aromatic carbocycles. The first-order valence-electron chi connectivity index (χ1n) is 5.05. The fourth-order valence-corrected chi connectivity index (χ4v) is 1.95. The van der Waals surface area contributed by atoms with Crippen molar-refractivity contribution in [2.24, 2.45) is 0 Å². The van der Waals surface area contributed by atoms with Gasteiger partial charge in [0.2, 0.25) is 5.91 Å². The van der Waals surface area contributed by atoms with E-state index in [1.807, 2.05) is 0 Å². The number of carbonyl (C=O) groups is 3. The molecule has 7 nitrogen and oxygen atoms in total. The maximum Gasteiger partial charge on any atom is 1.00 e. The molecule has 19 heavy (non-hydrogen) atoms. The number of β-lactam (4-membered cyclic amide) rings is 1. The molecule has 2 saturated heterocycles. The Balaban J connectivity index is 0.00000162. The van der Waals surface area contributed by atoms with Gasteiger partial charge in [-0.3, -0.25) is 4.79 Å². The van der Waals surface area contributed by atoms with Gasteiger partial charge in [-0.2, -0.15) is 0 Å². The summed E-state index contributed by atoms with van der Waals surface area (Å²) in [4.78, 5) is 33.5. The first kappa shape index (κ1) is 19.1. The molecule has 2 fully saturated rings. The second-order valence-electron chi connectivity index (χ2n) is 3.94. The largest absolute Gasteiger partial charge is 1.00 e. The predicted molar refractivity (Wildman–Crippen MR) is 47.7 cm³/mol. The average molecular weight is 285 g/mol. The van der Waals surface area contributed by atoms with E-state index in [1.165, 1.54) is 4.90 Å². The van der Waals surface area contributed by atoms with Crippen LogP contribution in [0.25, 0.3) is 0 Å². The third-order valence-corrected chi connectivity index (χ3v) is 2.77. The molecule has 2 unspecified atom stereocenters. The summed E-state index contributed by atoms with van der Waals surface area (Å²) in [5.74, 6) is -3.21. The minimum Gasteiger partial charge on any atom is -0.545 e. The van der Waals surface area contributed by atoms with E-state index in [1.54, 1.807) is 0 Å². The average Bonchev–Trinajstić information content (AvgIpc) is 2.53. The van der Waals surface area contributed by atoms with Crippen LogP contribution < -0.4 is 69.3 Å².